The zero-order valence-corrected chi connectivity index (χ0v) is 6.84. The highest BCUT2D eigenvalue weighted by atomic mass is 16.2. The van der Waals surface area contributed by atoms with Gasteiger partial charge in [-0.3, -0.25) is 10.1 Å². The van der Waals surface area contributed by atoms with Crippen molar-refractivity contribution in [1.29, 1.82) is 0 Å². The lowest BCUT2D eigenvalue weighted by atomic mass is 10.3. The summed E-state index contributed by atoms with van der Waals surface area (Å²) in [5.74, 6) is 0.315. The fraction of sp³-hybridized carbons (Fsp3) is 0.875. The van der Waals surface area contributed by atoms with E-state index in [0.717, 1.165) is 13.1 Å². The summed E-state index contributed by atoms with van der Waals surface area (Å²) in [6.45, 7) is 4.01. The molecule has 2 unspecified atom stereocenters. The minimum Gasteiger partial charge on any atom is -0.341 e. The molecule has 1 N–H and O–H groups in total. The number of nitrogens with zero attached hydrogens (tertiary/aromatic N) is 1. The molecular weight excluding hydrogens is 140 g/mol. The predicted molar refractivity (Wildman–Crippen MR) is 42.2 cm³/mol. The SMILES string of the molecule is CC1NC1C(=O)N1CCCC1. The van der Waals surface area contributed by atoms with Gasteiger partial charge in [-0.05, 0) is 19.8 Å². The molecule has 62 valence electrons. The molecule has 0 aromatic rings. The summed E-state index contributed by atoms with van der Waals surface area (Å²) in [5, 5.41) is 3.12. The summed E-state index contributed by atoms with van der Waals surface area (Å²) in [4.78, 5) is 13.5. The van der Waals surface area contributed by atoms with Crippen molar-refractivity contribution < 1.29 is 4.79 Å². The third-order valence-electron chi connectivity index (χ3n) is 2.52. The van der Waals surface area contributed by atoms with Gasteiger partial charge in [0.15, 0.2) is 0 Å². The van der Waals surface area contributed by atoms with Crippen molar-refractivity contribution in [2.24, 2.45) is 0 Å². The third kappa shape index (κ3) is 1.25. The Kier molecular flexibility index (Phi) is 1.60. The van der Waals surface area contributed by atoms with Crippen LogP contribution in [-0.2, 0) is 4.79 Å². The van der Waals surface area contributed by atoms with Crippen molar-refractivity contribution in [1.82, 2.24) is 10.2 Å². The van der Waals surface area contributed by atoms with Crippen LogP contribution in [0.15, 0.2) is 0 Å². The molecule has 0 aromatic carbocycles. The van der Waals surface area contributed by atoms with Crippen LogP contribution in [0, 0.1) is 0 Å². The maximum Gasteiger partial charge on any atom is 0.241 e. The van der Waals surface area contributed by atoms with E-state index in [-0.39, 0.29) is 6.04 Å². The zero-order valence-electron chi connectivity index (χ0n) is 6.84. The molecule has 0 saturated carbocycles. The Labute approximate surface area is 66.8 Å². The zero-order chi connectivity index (χ0) is 7.84. The van der Waals surface area contributed by atoms with Crippen molar-refractivity contribution in [2.75, 3.05) is 13.1 Å². The van der Waals surface area contributed by atoms with Gasteiger partial charge in [0.25, 0.3) is 0 Å². The minimum atomic E-state index is 0.146. The molecule has 3 heteroatoms. The van der Waals surface area contributed by atoms with E-state index < -0.39 is 0 Å². The second kappa shape index (κ2) is 2.48. The number of nitrogens with one attached hydrogen (secondary N) is 1. The summed E-state index contributed by atoms with van der Waals surface area (Å²) < 4.78 is 0. The van der Waals surface area contributed by atoms with E-state index in [1.54, 1.807) is 0 Å². The van der Waals surface area contributed by atoms with Crippen LogP contribution in [0.2, 0.25) is 0 Å². The highest BCUT2D eigenvalue weighted by molar-refractivity contribution is 5.85. The molecule has 2 rings (SSSR count). The van der Waals surface area contributed by atoms with Gasteiger partial charge in [-0.25, -0.2) is 0 Å². The van der Waals surface area contributed by atoms with E-state index in [1.807, 2.05) is 4.90 Å². The summed E-state index contributed by atoms with van der Waals surface area (Å²) in [5.41, 5.74) is 0. The highest BCUT2D eigenvalue weighted by Crippen LogP contribution is 2.16. The van der Waals surface area contributed by atoms with Crippen LogP contribution in [0.25, 0.3) is 0 Å². The first-order valence-corrected chi connectivity index (χ1v) is 4.34. The van der Waals surface area contributed by atoms with Crippen molar-refractivity contribution >= 4 is 5.91 Å². The van der Waals surface area contributed by atoms with Gasteiger partial charge in [0.05, 0.1) is 0 Å². The quantitative estimate of drug-likeness (QED) is 0.539. The highest BCUT2D eigenvalue weighted by Gasteiger charge is 2.41. The second-order valence-corrected chi connectivity index (χ2v) is 3.47. The molecule has 0 radical (unpaired) electrons. The molecule has 2 heterocycles. The summed E-state index contributed by atoms with van der Waals surface area (Å²) in [7, 11) is 0. The number of hydrogen-bond acceptors (Lipinski definition) is 2. The van der Waals surface area contributed by atoms with Gasteiger partial charge in [-0.15, -0.1) is 0 Å². The van der Waals surface area contributed by atoms with Gasteiger partial charge < -0.3 is 4.90 Å². The Bertz CT molecular complexity index is 175. The fourth-order valence-corrected chi connectivity index (χ4v) is 1.65. The average Bonchev–Trinajstić information content (AvgIpc) is 2.56. The Morgan fingerprint density at radius 1 is 1.45 bits per heavy atom. The smallest absolute Gasteiger partial charge is 0.241 e. The van der Waals surface area contributed by atoms with Crippen LogP contribution in [0.1, 0.15) is 19.8 Å². The van der Waals surface area contributed by atoms with Crippen LogP contribution >= 0.6 is 0 Å². The number of amides is 1. The van der Waals surface area contributed by atoms with Gasteiger partial charge in [-0.1, -0.05) is 0 Å². The van der Waals surface area contributed by atoms with E-state index in [0.29, 0.717) is 11.9 Å². The molecule has 1 amide bonds. The lowest BCUT2D eigenvalue weighted by molar-refractivity contribution is -0.129. The molecule has 2 aliphatic heterocycles. The molecule has 2 atom stereocenters. The van der Waals surface area contributed by atoms with Crippen molar-refractivity contribution in [2.45, 2.75) is 31.8 Å². The van der Waals surface area contributed by atoms with Crippen LogP contribution in [0.5, 0.6) is 0 Å². The summed E-state index contributed by atoms with van der Waals surface area (Å²) in [6.07, 6.45) is 2.37. The van der Waals surface area contributed by atoms with Gasteiger partial charge in [0, 0.05) is 19.1 Å². The van der Waals surface area contributed by atoms with Crippen molar-refractivity contribution in [3.63, 3.8) is 0 Å². The first-order valence-electron chi connectivity index (χ1n) is 4.34. The number of carbonyl (C=O) groups is 1. The molecule has 0 aromatic heterocycles. The maximum absolute atomic E-state index is 11.5. The molecule has 2 saturated heterocycles. The average molecular weight is 154 g/mol. The number of hydrogen-bond donors (Lipinski definition) is 1. The fourth-order valence-electron chi connectivity index (χ4n) is 1.65. The van der Waals surface area contributed by atoms with Gasteiger partial charge in [0.1, 0.15) is 6.04 Å². The Morgan fingerprint density at radius 2 is 2.00 bits per heavy atom. The monoisotopic (exact) mass is 154 g/mol. The van der Waals surface area contributed by atoms with E-state index in [1.165, 1.54) is 12.8 Å². The Morgan fingerprint density at radius 3 is 2.45 bits per heavy atom. The Hall–Kier alpha value is -0.570. The summed E-state index contributed by atoms with van der Waals surface area (Å²) in [6, 6.07) is 0.566. The molecule has 0 aliphatic carbocycles. The van der Waals surface area contributed by atoms with E-state index in [9.17, 15) is 4.79 Å². The molecule has 0 bridgehead atoms. The number of carbonyl (C=O) groups excluding carboxylic acids is 1. The van der Waals surface area contributed by atoms with Gasteiger partial charge in [0.2, 0.25) is 5.91 Å². The molecule has 3 nitrogen and oxygen atoms in total. The molecule has 2 fully saturated rings. The van der Waals surface area contributed by atoms with Crippen LogP contribution in [0.4, 0.5) is 0 Å². The van der Waals surface area contributed by atoms with Gasteiger partial charge in [-0.2, -0.15) is 0 Å². The van der Waals surface area contributed by atoms with E-state index in [4.69, 9.17) is 0 Å². The van der Waals surface area contributed by atoms with E-state index >= 15 is 0 Å². The maximum atomic E-state index is 11.5. The standard InChI is InChI=1S/C8H14N2O/c1-6-7(9-6)8(11)10-4-2-3-5-10/h6-7,9H,2-5H2,1H3. The lowest BCUT2D eigenvalue weighted by Crippen LogP contribution is -2.33. The molecule has 11 heavy (non-hydrogen) atoms. The predicted octanol–water partition coefficient (Wildman–Crippen LogP) is -0.0309. The third-order valence-corrected chi connectivity index (χ3v) is 2.52. The van der Waals surface area contributed by atoms with Gasteiger partial charge >= 0.3 is 0 Å². The second-order valence-electron chi connectivity index (χ2n) is 3.47. The summed E-state index contributed by atoms with van der Waals surface area (Å²) >= 11 is 0. The first-order chi connectivity index (χ1) is 5.29. The minimum absolute atomic E-state index is 0.146. The topological polar surface area (TPSA) is 42.3 Å². The molecule has 2 aliphatic rings. The van der Waals surface area contributed by atoms with Crippen LogP contribution in [0.3, 0.4) is 0 Å². The van der Waals surface area contributed by atoms with Crippen molar-refractivity contribution in [3.05, 3.63) is 0 Å². The van der Waals surface area contributed by atoms with E-state index in [2.05, 4.69) is 12.2 Å². The lowest BCUT2D eigenvalue weighted by Gasteiger charge is -2.13. The van der Waals surface area contributed by atoms with Crippen molar-refractivity contribution in [3.8, 4) is 0 Å². The first kappa shape index (κ1) is 7.10. The van der Waals surface area contributed by atoms with Crippen LogP contribution in [-0.4, -0.2) is 36.0 Å². The largest absolute Gasteiger partial charge is 0.341 e. The Balaban J connectivity index is 1.89. The number of rotatable bonds is 1. The number of likely N-dealkylation sites (tertiary alicyclic amines) is 1. The normalized spacial score (nSPS) is 35.9. The molecule has 0 spiro atoms. The van der Waals surface area contributed by atoms with Crippen LogP contribution < -0.4 is 5.32 Å². The molecular formula is C8H14N2O.